The van der Waals surface area contributed by atoms with Crippen molar-refractivity contribution in [1.82, 2.24) is 0 Å². The minimum absolute atomic E-state index is 0. The average molecular weight is 1180 g/mol. The van der Waals surface area contributed by atoms with Gasteiger partial charge in [0, 0.05) is 73.8 Å². The second kappa shape index (κ2) is 30.3. The van der Waals surface area contributed by atoms with Crippen molar-refractivity contribution in [1.29, 1.82) is 0 Å². The Balaban J connectivity index is 0.00000548. The molecule has 0 amide bonds. The number of anilines is 1. The fourth-order valence-electron chi connectivity index (χ4n) is 8.91. The standard InChI is InChI=1S/C43H48N2O18S6.5Na/c1-42(2)36(44(20-10-12-22-66(48,49)50)32-19-17-29-25-31(68(54,55)56)27-34(65-63-61-47)38(29)40(32)42)14-8-6-5-7-9-15-37-43(3,4)41-33(45(37)21-11-13-23-67(51,52)53)18-16-28-24-30(64-62-60-46)26-35(39(28)41)69(57,58)59;;;;;/h5-9,14-19,24-27H,10-13,20-23H2,1-4H3,(H5-,46,47,48,49,50,51,52,53,54,55,56,57,58,59);;;;;/q;5*+1/p-4. The Hall–Kier alpha value is 0.930. The van der Waals surface area contributed by atoms with Gasteiger partial charge in [-0.05, 0) is 91.9 Å². The van der Waals surface area contributed by atoms with Gasteiger partial charge in [0.15, 0.2) is 5.71 Å². The summed E-state index contributed by atoms with van der Waals surface area (Å²) >= 11 is 0.844. The van der Waals surface area contributed by atoms with E-state index in [9.17, 15) is 62.4 Å². The molecule has 0 saturated heterocycles. The number of unbranched alkanes of at least 4 members (excludes halogenated alkanes) is 2. The summed E-state index contributed by atoms with van der Waals surface area (Å²) in [6, 6.07) is 11.6. The Morgan fingerprint density at radius 1 is 0.662 bits per heavy atom. The van der Waals surface area contributed by atoms with Gasteiger partial charge in [0.05, 0.1) is 55.2 Å². The number of fused-ring (bicyclic) bond motifs is 6. The number of hydrogen-bond donors (Lipinski definition) is 1. The van der Waals surface area contributed by atoms with Crippen LogP contribution in [-0.2, 0) is 70.0 Å². The van der Waals surface area contributed by atoms with E-state index in [1.165, 1.54) is 12.1 Å². The molecule has 0 atom stereocenters. The van der Waals surface area contributed by atoms with Crippen molar-refractivity contribution in [3.8, 4) is 0 Å². The summed E-state index contributed by atoms with van der Waals surface area (Å²) in [4.78, 5) is 1.03. The van der Waals surface area contributed by atoms with E-state index < -0.39 is 72.6 Å². The molecule has 1 N–H and O–H groups in total. The molecule has 374 valence electrons. The van der Waals surface area contributed by atoms with Gasteiger partial charge in [-0.25, -0.2) is 25.3 Å². The SMILES string of the molecule is CC1(C)C(C=CC=CC=C/C=C2/N(CCCCS(=O)(=O)[O-])c3ccc4cc(S(=O)(=O)[O-])cc(SOO[O-])c4c3C2(C)C)=[N+](CCCCS(=O)(=O)O)c2ccc3cc(SOO[O-])cc(S(=O)(=O)[O-])c3c21.[Na+].[Na+].[Na+].[Na+].[Na+]. The second-order valence-corrected chi connectivity index (χ2v) is 24.2. The van der Waals surface area contributed by atoms with Gasteiger partial charge in [-0.15, -0.1) is 0 Å². The molecule has 2 heterocycles. The first kappa shape index (κ1) is 72.9. The van der Waals surface area contributed by atoms with Crippen LogP contribution in [0.4, 0.5) is 11.4 Å². The Bertz CT molecular complexity index is 3300. The first-order valence-corrected chi connectivity index (χ1v) is 28.1. The van der Waals surface area contributed by atoms with Gasteiger partial charge in [-0.3, -0.25) is 14.6 Å². The van der Waals surface area contributed by atoms with Crippen LogP contribution in [-0.4, -0.2) is 86.8 Å². The quantitative estimate of drug-likeness (QED) is 0.0112. The number of allylic oxidation sites excluding steroid dienone is 8. The number of benzene rings is 4. The summed E-state index contributed by atoms with van der Waals surface area (Å²) in [6.07, 6.45) is 13.0. The normalized spacial score (nSPS) is 15.8. The zero-order chi connectivity index (χ0) is 50.7. The third kappa shape index (κ3) is 18.0. The number of nitrogens with zero attached hydrogens (tertiary/aromatic N) is 2. The molecule has 2 aliphatic heterocycles. The maximum atomic E-state index is 12.8. The van der Waals surface area contributed by atoms with Gasteiger partial charge >= 0.3 is 148 Å². The Morgan fingerprint density at radius 3 is 1.86 bits per heavy atom. The van der Waals surface area contributed by atoms with E-state index in [0.29, 0.717) is 80.6 Å². The first-order valence-electron chi connectivity index (χ1n) is 20.6. The van der Waals surface area contributed by atoms with Crippen LogP contribution in [0, 0.1) is 0 Å². The van der Waals surface area contributed by atoms with Crippen LogP contribution < -0.4 is 163 Å². The average Bonchev–Trinajstić information content (AvgIpc) is 3.60. The molecule has 0 saturated carbocycles. The zero-order valence-electron chi connectivity index (χ0n) is 42.0. The van der Waals surface area contributed by atoms with Crippen LogP contribution in [0.15, 0.2) is 116 Å². The second-order valence-electron chi connectivity index (χ2n) is 16.9. The van der Waals surface area contributed by atoms with Crippen molar-refractivity contribution in [3.05, 3.63) is 108 Å². The molecule has 74 heavy (non-hydrogen) atoms. The molecule has 0 bridgehead atoms. The number of hydrogen-bond acceptors (Lipinski definition) is 20. The van der Waals surface area contributed by atoms with E-state index in [1.807, 2.05) is 43.2 Å². The number of rotatable bonds is 22. The summed E-state index contributed by atoms with van der Waals surface area (Å²) < 4.78 is 152. The van der Waals surface area contributed by atoms with E-state index in [4.69, 9.17) is 0 Å². The van der Waals surface area contributed by atoms with Crippen LogP contribution in [0.1, 0.15) is 64.5 Å². The molecule has 31 heteroatoms. The molecule has 0 spiro atoms. The minimum Gasteiger partial charge on any atom is -0.748 e. The molecule has 0 unspecified atom stereocenters. The van der Waals surface area contributed by atoms with Crippen molar-refractivity contribution in [3.63, 3.8) is 0 Å². The van der Waals surface area contributed by atoms with E-state index in [0.717, 1.165) is 12.1 Å². The summed E-state index contributed by atoms with van der Waals surface area (Å²) in [5.41, 5.74) is 1.91. The zero-order valence-corrected chi connectivity index (χ0v) is 56.9. The van der Waals surface area contributed by atoms with Gasteiger partial charge in [0.1, 0.15) is 26.8 Å². The largest absolute Gasteiger partial charge is 1.00 e. The van der Waals surface area contributed by atoms with Gasteiger partial charge < -0.3 is 29.1 Å². The van der Waals surface area contributed by atoms with Gasteiger partial charge in [-0.2, -0.15) is 21.7 Å². The molecule has 0 fully saturated rings. The topological polar surface area (TPSA) is 315 Å². The van der Waals surface area contributed by atoms with Crippen LogP contribution in [0.3, 0.4) is 0 Å². The third-order valence-corrected chi connectivity index (χ3v) is 16.1. The van der Waals surface area contributed by atoms with E-state index in [2.05, 4.69) is 18.7 Å². The first-order chi connectivity index (χ1) is 32.2. The molecular weight excluding hydrogens is 1140 g/mol. The Morgan fingerprint density at radius 2 is 1.26 bits per heavy atom. The van der Waals surface area contributed by atoms with Crippen molar-refractivity contribution in [2.24, 2.45) is 0 Å². The van der Waals surface area contributed by atoms with Crippen molar-refractivity contribution in [2.45, 2.75) is 83.8 Å². The molecule has 4 aromatic rings. The smallest absolute Gasteiger partial charge is 0.748 e. The van der Waals surface area contributed by atoms with Gasteiger partial charge in [0.2, 0.25) is 5.69 Å². The molecule has 2 aliphatic rings. The van der Waals surface area contributed by atoms with Crippen molar-refractivity contribution in [2.75, 3.05) is 29.5 Å². The van der Waals surface area contributed by atoms with Crippen LogP contribution >= 0.6 is 24.1 Å². The maximum Gasteiger partial charge on any atom is 1.00 e. The predicted molar refractivity (Wildman–Crippen MR) is 248 cm³/mol. The van der Waals surface area contributed by atoms with Crippen LogP contribution in [0.5, 0.6) is 0 Å². The summed E-state index contributed by atoms with van der Waals surface area (Å²) in [7, 11) is -18.8. The fourth-order valence-corrected chi connectivity index (χ4v) is 12.5. The maximum absolute atomic E-state index is 12.8. The van der Waals surface area contributed by atoms with Gasteiger partial charge in [-0.1, -0.05) is 50.3 Å². The van der Waals surface area contributed by atoms with Crippen LogP contribution in [0.25, 0.3) is 21.5 Å². The Labute approximate surface area is 549 Å². The van der Waals surface area contributed by atoms with Gasteiger partial charge in [0.25, 0.3) is 10.1 Å². The van der Waals surface area contributed by atoms with Crippen LogP contribution in [0.2, 0.25) is 0 Å². The van der Waals surface area contributed by atoms with E-state index >= 15 is 0 Å². The molecule has 0 aromatic heterocycles. The fraction of sp³-hybridized carbons (Fsp3) is 0.326. The molecule has 6 rings (SSSR count). The monoisotopic (exact) mass is 1180 g/mol. The molecule has 4 aromatic carbocycles. The molecule has 0 radical (unpaired) electrons. The summed E-state index contributed by atoms with van der Waals surface area (Å²) in [5.74, 6) is -1.05. The van der Waals surface area contributed by atoms with E-state index in [1.54, 1.807) is 60.7 Å². The molecule has 0 aliphatic carbocycles. The third-order valence-electron chi connectivity index (χ3n) is 11.6. The van der Waals surface area contributed by atoms with Crippen molar-refractivity contribution < 1.29 is 234 Å². The predicted octanol–water partition coefficient (Wildman–Crippen LogP) is -10.00. The molecule has 20 nitrogen and oxygen atoms in total. The summed E-state index contributed by atoms with van der Waals surface area (Å²) in [6.45, 7) is 7.97. The minimum atomic E-state index is -5.11. The van der Waals surface area contributed by atoms with E-state index in [-0.39, 0.29) is 195 Å². The van der Waals surface area contributed by atoms with Crippen molar-refractivity contribution >= 4 is 103 Å². The molecular formula is C43H44N2Na5O18S6+. The Kier molecular flexibility index (Phi) is 29.9. The summed E-state index contributed by atoms with van der Waals surface area (Å²) in [5, 5.41) is 29.7.